The molecule has 7 nitrogen and oxygen atoms in total. The van der Waals surface area contributed by atoms with E-state index in [1.807, 2.05) is 6.07 Å². The van der Waals surface area contributed by atoms with E-state index >= 15 is 0 Å². The lowest BCUT2D eigenvalue weighted by Crippen LogP contribution is -2.25. The Morgan fingerprint density at radius 2 is 2.14 bits per heavy atom. The number of nitrogens with one attached hydrogen (secondary N) is 1. The lowest BCUT2D eigenvalue weighted by atomic mass is 10.0. The quantitative estimate of drug-likeness (QED) is 0.794. The molecule has 1 saturated carbocycles. The second-order valence-corrected chi connectivity index (χ2v) is 5.36. The highest BCUT2D eigenvalue weighted by molar-refractivity contribution is 5.77. The number of ether oxygens (including phenoxy) is 1. The Hall–Kier alpha value is -2.28. The van der Waals surface area contributed by atoms with Gasteiger partial charge in [-0.1, -0.05) is 5.16 Å². The molecule has 1 N–H and O–H groups in total. The van der Waals surface area contributed by atoms with E-state index in [2.05, 4.69) is 25.3 Å². The van der Waals surface area contributed by atoms with E-state index in [0.717, 1.165) is 42.3 Å². The van der Waals surface area contributed by atoms with E-state index < -0.39 is 5.60 Å². The van der Waals surface area contributed by atoms with Crippen molar-refractivity contribution >= 4 is 11.0 Å². The van der Waals surface area contributed by atoms with E-state index in [4.69, 9.17) is 9.26 Å². The molecule has 3 aromatic heterocycles. The van der Waals surface area contributed by atoms with Crippen LogP contribution in [0, 0.1) is 0 Å². The van der Waals surface area contributed by atoms with Gasteiger partial charge in [-0.2, -0.15) is 10.1 Å². The number of aromatic nitrogens is 5. The van der Waals surface area contributed by atoms with Crippen LogP contribution >= 0.6 is 0 Å². The Kier molecular flexibility index (Phi) is 2.75. The van der Waals surface area contributed by atoms with Crippen LogP contribution in [-0.4, -0.2) is 32.4 Å². The standard InChI is InChI=1S/C14H15N5O2/c1-20-14(4-2-3-5-14)13-17-12(21-19-13)9-6-10-11(15-7-9)8-16-18-10/h6-8H,2-5H2,1H3,(H,16,18). The van der Waals surface area contributed by atoms with Crippen molar-refractivity contribution < 1.29 is 9.26 Å². The monoisotopic (exact) mass is 285 g/mol. The summed E-state index contributed by atoms with van der Waals surface area (Å²) in [5.74, 6) is 1.08. The van der Waals surface area contributed by atoms with Gasteiger partial charge in [-0.15, -0.1) is 0 Å². The fraction of sp³-hybridized carbons (Fsp3) is 0.429. The zero-order chi connectivity index (χ0) is 14.3. The van der Waals surface area contributed by atoms with E-state index in [0.29, 0.717) is 11.7 Å². The molecule has 0 unspecified atom stereocenters. The number of fused-ring (bicyclic) bond motifs is 1. The van der Waals surface area contributed by atoms with Crippen LogP contribution in [0.15, 0.2) is 23.0 Å². The van der Waals surface area contributed by atoms with Gasteiger partial charge < -0.3 is 9.26 Å². The molecule has 1 fully saturated rings. The molecule has 0 bridgehead atoms. The number of pyridine rings is 1. The van der Waals surface area contributed by atoms with Gasteiger partial charge >= 0.3 is 0 Å². The van der Waals surface area contributed by atoms with E-state index in [1.54, 1.807) is 19.5 Å². The lowest BCUT2D eigenvalue weighted by molar-refractivity contribution is -0.0178. The van der Waals surface area contributed by atoms with Crippen molar-refractivity contribution in [3.8, 4) is 11.5 Å². The molecule has 4 rings (SSSR count). The number of aromatic amines is 1. The first-order valence-electron chi connectivity index (χ1n) is 7.00. The molecule has 1 aliphatic carbocycles. The Morgan fingerprint density at radius 3 is 2.95 bits per heavy atom. The average molecular weight is 285 g/mol. The van der Waals surface area contributed by atoms with Crippen LogP contribution in [0.3, 0.4) is 0 Å². The van der Waals surface area contributed by atoms with Gasteiger partial charge in [0.2, 0.25) is 5.82 Å². The first-order valence-corrected chi connectivity index (χ1v) is 7.00. The summed E-state index contributed by atoms with van der Waals surface area (Å²) in [5.41, 5.74) is 2.03. The predicted octanol–water partition coefficient (Wildman–Crippen LogP) is 2.42. The Balaban J connectivity index is 1.73. The fourth-order valence-electron chi connectivity index (χ4n) is 2.94. The molecule has 3 heterocycles. The summed E-state index contributed by atoms with van der Waals surface area (Å²) >= 11 is 0. The van der Waals surface area contributed by atoms with Gasteiger partial charge in [0.05, 0.1) is 17.3 Å². The Bertz CT molecular complexity index is 772. The van der Waals surface area contributed by atoms with Crippen LogP contribution in [-0.2, 0) is 10.3 Å². The average Bonchev–Trinajstić information content (AvgIpc) is 3.25. The van der Waals surface area contributed by atoms with E-state index in [1.165, 1.54) is 0 Å². The summed E-state index contributed by atoms with van der Waals surface area (Å²) in [6.07, 6.45) is 7.50. The molecular weight excluding hydrogens is 270 g/mol. The normalized spacial score (nSPS) is 17.6. The minimum absolute atomic E-state index is 0.396. The van der Waals surface area contributed by atoms with Crippen molar-refractivity contribution in [2.75, 3.05) is 7.11 Å². The summed E-state index contributed by atoms with van der Waals surface area (Å²) < 4.78 is 11.1. The van der Waals surface area contributed by atoms with Crippen LogP contribution in [0.4, 0.5) is 0 Å². The topological polar surface area (TPSA) is 89.7 Å². The zero-order valence-corrected chi connectivity index (χ0v) is 11.7. The molecule has 21 heavy (non-hydrogen) atoms. The number of rotatable bonds is 3. The minimum atomic E-state index is -0.396. The van der Waals surface area contributed by atoms with Crippen molar-refractivity contribution in [1.82, 2.24) is 25.3 Å². The maximum Gasteiger partial charge on any atom is 0.259 e. The highest BCUT2D eigenvalue weighted by atomic mass is 16.5. The number of methoxy groups -OCH3 is 1. The fourth-order valence-corrected chi connectivity index (χ4v) is 2.94. The van der Waals surface area contributed by atoms with E-state index in [-0.39, 0.29) is 0 Å². The first kappa shape index (κ1) is 12.5. The van der Waals surface area contributed by atoms with Gasteiger partial charge in [-0.05, 0) is 31.7 Å². The van der Waals surface area contributed by atoms with Gasteiger partial charge in [0.1, 0.15) is 11.1 Å². The summed E-state index contributed by atoms with van der Waals surface area (Å²) in [6.45, 7) is 0. The zero-order valence-electron chi connectivity index (χ0n) is 11.7. The minimum Gasteiger partial charge on any atom is -0.370 e. The molecule has 1 aliphatic rings. The van der Waals surface area contributed by atoms with Gasteiger partial charge in [0.25, 0.3) is 5.89 Å². The summed E-state index contributed by atoms with van der Waals surface area (Å²) in [4.78, 5) is 8.83. The lowest BCUT2D eigenvalue weighted by Gasteiger charge is -2.22. The molecule has 108 valence electrons. The highest BCUT2D eigenvalue weighted by Gasteiger charge is 2.40. The Morgan fingerprint density at radius 1 is 1.29 bits per heavy atom. The van der Waals surface area contributed by atoms with Crippen molar-refractivity contribution in [1.29, 1.82) is 0 Å². The molecular formula is C14H15N5O2. The van der Waals surface area contributed by atoms with Gasteiger partial charge in [-0.25, -0.2) is 0 Å². The number of hydrogen-bond acceptors (Lipinski definition) is 6. The third kappa shape index (κ3) is 1.92. The van der Waals surface area contributed by atoms with Crippen molar-refractivity contribution in [2.45, 2.75) is 31.3 Å². The smallest absolute Gasteiger partial charge is 0.259 e. The molecule has 0 spiro atoms. The third-order valence-electron chi connectivity index (χ3n) is 4.17. The van der Waals surface area contributed by atoms with Gasteiger partial charge in [0.15, 0.2) is 0 Å². The third-order valence-corrected chi connectivity index (χ3v) is 4.17. The van der Waals surface area contributed by atoms with Crippen molar-refractivity contribution in [2.24, 2.45) is 0 Å². The van der Waals surface area contributed by atoms with Crippen LogP contribution in [0.1, 0.15) is 31.5 Å². The van der Waals surface area contributed by atoms with Crippen molar-refractivity contribution in [3.63, 3.8) is 0 Å². The maximum absolute atomic E-state index is 5.68. The van der Waals surface area contributed by atoms with Gasteiger partial charge in [-0.3, -0.25) is 10.1 Å². The molecule has 0 aromatic carbocycles. The SMILES string of the molecule is COC1(c2noc(-c3cnc4cn[nH]c4c3)n2)CCCC1. The second kappa shape index (κ2) is 4.63. The van der Waals surface area contributed by atoms with E-state index in [9.17, 15) is 0 Å². The molecule has 7 heteroatoms. The summed E-state index contributed by atoms with van der Waals surface area (Å²) in [5, 5.41) is 11.0. The highest BCUT2D eigenvalue weighted by Crippen LogP contribution is 2.40. The number of H-pyrrole nitrogens is 1. The summed E-state index contributed by atoms with van der Waals surface area (Å²) in [7, 11) is 1.71. The van der Waals surface area contributed by atoms with Gasteiger partial charge in [0, 0.05) is 13.3 Å². The van der Waals surface area contributed by atoms with Crippen LogP contribution in [0.5, 0.6) is 0 Å². The van der Waals surface area contributed by atoms with Crippen LogP contribution in [0.25, 0.3) is 22.5 Å². The van der Waals surface area contributed by atoms with Crippen LogP contribution < -0.4 is 0 Å². The maximum atomic E-state index is 5.68. The molecule has 0 saturated heterocycles. The molecule has 0 radical (unpaired) electrons. The molecule has 0 amide bonds. The first-order chi connectivity index (χ1) is 10.3. The summed E-state index contributed by atoms with van der Waals surface area (Å²) in [6, 6.07) is 1.90. The second-order valence-electron chi connectivity index (χ2n) is 5.36. The molecule has 0 aliphatic heterocycles. The predicted molar refractivity (Wildman–Crippen MR) is 74.3 cm³/mol. The number of nitrogens with zero attached hydrogens (tertiary/aromatic N) is 4. The molecule has 0 atom stereocenters. The Labute approximate surface area is 120 Å². The molecule has 3 aromatic rings. The largest absolute Gasteiger partial charge is 0.370 e. The van der Waals surface area contributed by atoms with Crippen molar-refractivity contribution in [3.05, 3.63) is 24.3 Å². The number of hydrogen-bond donors (Lipinski definition) is 1. The van der Waals surface area contributed by atoms with Crippen LogP contribution in [0.2, 0.25) is 0 Å².